The molecule has 0 bridgehead atoms. The maximum Gasteiger partial charge on any atom is 0.0545 e. The number of allylic oxidation sites excluding steroid dienone is 2. The lowest BCUT2D eigenvalue weighted by molar-refractivity contribution is -0.106. The van der Waals surface area contributed by atoms with Crippen LogP contribution < -0.4 is 0 Å². The summed E-state index contributed by atoms with van der Waals surface area (Å²) in [7, 11) is 0. The van der Waals surface area contributed by atoms with Gasteiger partial charge in [-0.2, -0.15) is 0 Å². The van der Waals surface area contributed by atoms with Gasteiger partial charge in [0.2, 0.25) is 0 Å². The number of aliphatic hydroxyl groups excluding tert-OH is 1. The van der Waals surface area contributed by atoms with E-state index in [0.717, 1.165) is 23.7 Å². The Morgan fingerprint density at radius 2 is 1.73 bits per heavy atom. The first-order chi connectivity index (χ1) is 10.5. The fourth-order valence-electron chi connectivity index (χ4n) is 7.67. The van der Waals surface area contributed by atoms with Crippen LogP contribution >= 0.6 is 0 Å². The molecule has 0 aromatic heterocycles. The maximum absolute atomic E-state index is 10.3. The van der Waals surface area contributed by atoms with Crippen molar-refractivity contribution >= 4 is 0 Å². The summed E-state index contributed by atoms with van der Waals surface area (Å²) in [6, 6.07) is 0. The first kappa shape index (κ1) is 15.2. The fourth-order valence-corrected chi connectivity index (χ4v) is 7.67. The summed E-state index contributed by atoms with van der Waals surface area (Å²) in [6.07, 6.45) is 15.8. The van der Waals surface area contributed by atoms with Crippen molar-refractivity contribution in [2.75, 3.05) is 0 Å². The van der Waals surface area contributed by atoms with E-state index in [1.165, 1.54) is 51.4 Å². The topological polar surface area (TPSA) is 20.2 Å². The van der Waals surface area contributed by atoms with Gasteiger partial charge in [-0.3, -0.25) is 0 Å². The zero-order valence-corrected chi connectivity index (χ0v) is 14.7. The summed E-state index contributed by atoms with van der Waals surface area (Å²) in [5.41, 5.74) is 0.991. The van der Waals surface area contributed by atoms with E-state index in [0.29, 0.717) is 16.7 Å². The summed E-state index contributed by atoms with van der Waals surface area (Å²) < 4.78 is 0. The van der Waals surface area contributed by atoms with Gasteiger partial charge < -0.3 is 5.11 Å². The Morgan fingerprint density at radius 1 is 0.955 bits per heavy atom. The van der Waals surface area contributed by atoms with Gasteiger partial charge in [-0.05, 0) is 98.7 Å². The number of hydrogen-bond acceptors (Lipinski definition) is 1. The van der Waals surface area contributed by atoms with Gasteiger partial charge in [-0.1, -0.05) is 26.0 Å². The monoisotopic (exact) mass is 302 g/mol. The van der Waals surface area contributed by atoms with Crippen LogP contribution in [0.3, 0.4) is 0 Å². The van der Waals surface area contributed by atoms with Crippen LogP contribution in [0.2, 0.25) is 0 Å². The van der Waals surface area contributed by atoms with Crippen molar-refractivity contribution in [1.82, 2.24) is 0 Å². The molecule has 4 aliphatic carbocycles. The summed E-state index contributed by atoms with van der Waals surface area (Å²) in [4.78, 5) is 0. The SMILES string of the molecule is C[C@@H](O)[C@H]1CC[C@H]2[C@@H]3CC[C@H]4CC=CC[C@]4(C)[C@H]3CC[C@]12C. The second kappa shape index (κ2) is 5.10. The minimum Gasteiger partial charge on any atom is -0.393 e. The number of fused-ring (bicyclic) bond motifs is 5. The molecule has 3 fully saturated rings. The third-order valence-electron chi connectivity index (χ3n) is 8.87. The van der Waals surface area contributed by atoms with E-state index in [1.807, 2.05) is 6.92 Å². The molecule has 4 rings (SSSR count). The second-order valence-electron chi connectivity index (χ2n) is 9.54. The normalized spacial score (nSPS) is 55.2. The molecule has 8 atom stereocenters. The molecular formula is C21H34O. The largest absolute Gasteiger partial charge is 0.393 e. The Balaban J connectivity index is 1.64. The standard InChI is InChI=1S/C21H34O/c1-14(22)17-9-10-18-16-8-7-15-6-4-5-12-20(15,2)19(16)11-13-21(17,18)3/h4-5,14-19,22H,6-13H2,1-3H3/t14-,15-,16+,17-,18+,19+,20+,21-/m1/s1. The summed E-state index contributed by atoms with van der Waals surface area (Å²) in [6.45, 7) is 7.17. The summed E-state index contributed by atoms with van der Waals surface area (Å²) in [5, 5.41) is 10.3. The summed E-state index contributed by atoms with van der Waals surface area (Å²) in [5.74, 6) is 4.26. The zero-order chi connectivity index (χ0) is 15.5. The van der Waals surface area contributed by atoms with E-state index >= 15 is 0 Å². The van der Waals surface area contributed by atoms with Crippen molar-refractivity contribution in [2.24, 2.45) is 40.4 Å². The van der Waals surface area contributed by atoms with Gasteiger partial charge in [0.05, 0.1) is 6.10 Å². The van der Waals surface area contributed by atoms with Gasteiger partial charge in [0.25, 0.3) is 0 Å². The molecule has 0 aliphatic heterocycles. The van der Waals surface area contributed by atoms with Gasteiger partial charge in [0.1, 0.15) is 0 Å². The second-order valence-corrected chi connectivity index (χ2v) is 9.54. The highest BCUT2D eigenvalue weighted by atomic mass is 16.3. The van der Waals surface area contributed by atoms with E-state index in [1.54, 1.807) is 0 Å². The minimum atomic E-state index is -0.115. The molecule has 0 aromatic rings. The van der Waals surface area contributed by atoms with Crippen molar-refractivity contribution in [2.45, 2.75) is 78.2 Å². The Bertz CT molecular complexity index is 467. The van der Waals surface area contributed by atoms with Gasteiger partial charge in [0.15, 0.2) is 0 Å². The van der Waals surface area contributed by atoms with E-state index in [4.69, 9.17) is 0 Å². The molecule has 0 heterocycles. The molecule has 1 N–H and O–H groups in total. The first-order valence-electron chi connectivity index (χ1n) is 9.80. The Morgan fingerprint density at radius 3 is 2.50 bits per heavy atom. The molecule has 22 heavy (non-hydrogen) atoms. The highest BCUT2D eigenvalue weighted by molar-refractivity contribution is 5.12. The number of hydrogen-bond donors (Lipinski definition) is 1. The quantitative estimate of drug-likeness (QED) is 0.661. The van der Waals surface area contributed by atoms with Crippen molar-refractivity contribution < 1.29 is 5.11 Å². The van der Waals surface area contributed by atoms with Crippen LogP contribution in [0.1, 0.15) is 72.1 Å². The summed E-state index contributed by atoms with van der Waals surface area (Å²) >= 11 is 0. The molecular weight excluding hydrogens is 268 g/mol. The molecule has 124 valence electrons. The van der Waals surface area contributed by atoms with Crippen LogP contribution in [0.25, 0.3) is 0 Å². The molecule has 1 heteroatoms. The van der Waals surface area contributed by atoms with Crippen LogP contribution in [-0.4, -0.2) is 11.2 Å². The predicted molar refractivity (Wildman–Crippen MR) is 91.4 cm³/mol. The van der Waals surface area contributed by atoms with E-state index in [2.05, 4.69) is 26.0 Å². The third kappa shape index (κ3) is 1.93. The van der Waals surface area contributed by atoms with Gasteiger partial charge in [-0.15, -0.1) is 0 Å². The molecule has 3 saturated carbocycles. The fraction of sp³-hybridized carbons (Fsp3) is 0.905. The van der Waals surface area contributed by atoms with Crippen molar-refractivity contribution in [3.05, 3.63) is 12.2 Å². The maximum atomic E-state index is 10.3. The molecule has 0 unspecified atom stereocenters. The predicted octanol–water partition coefficient (Wildman–Crippen LogP) is 5.19. The third-order valence-corrected chi connectivity index (χ3v) is 8.87. The van der Waals surface area contributed by atoms with Crippen LogP contribution in [-0.2, 0) is 0 Å². The Kier molecular flexibility index (Phi) is 3.53. The van der Waals surface area contributed by atoms with Gasteiger partial charge >= 0.3 is 0 Å². The molecule has 0 aromatic carbocycles. The zero-order valence-electron chi connectivity index (χ0n) is 14.7. The van der Waals surface area contributed by atoms with Crippen LogP contribution in [0, 0.1) is 40.4 Å². The van der Waals surface area contributed by atoms with Gasteiger partial charge in [-0.25, -0.2) is 0 Å². The Hall–Kier alpha value is -0.300. The lowest BCUT2D eigenvalue weighted by Crippen LogP contribution is -2.52. The Labute approximate surface area is 136 Å². The molecule has 0 spiro atoms. The average molecular weight is 303 g/mol. The molecule has 0 amide bonds. The van der Waals surface area contributed by atoms with Gasteiger partial charge in [0, 0.05) is 0 Å². The van der Waals surface area contributed by atoms with E-state index in [9.17, 15) is 5.11 Å². The smallest absolute Gasteiger partial charge is 0.0545 e. The van der Waals surface area contributed by atoms with E-state index < -0.39 is 0 Å². The molecule has 0 radical (unpaired) electrons. The number of rotatable bonds is 1. The molecule has 1 nitrogen and oxygen atoms in total. The lowest BCUT2D eigenvalue weighted by atomic mass is 9.45. The number of aliphatic hydroxyl groups is 1. The highest BCUT2D eigenvalue weighted by Crippen LogP contribution is 2.67. The van der Waals surface area contributed by atoms with Crippen LogP contribution in [0.5, 0.6) is 0 Å². The van der Waals surface area contributed by atoms with Crippen molar-refractivity contribution in [3.8, 4) is 0 Å². The molecule has 0 saturated heterocycles. The van der Waals surface area contributed by atoms with E-state index in [-0.39, 0.29) is 6.10 Å². The van der Waals surface area contributed by atoms with Crippen molar-refractivity contribution in [3.63, 3.8) is 0 Å². The molecule has 4 aliphatic rings. The van der Waals surface area contributed by atoms with Crippen molar-refractivity contribution in [1.29, 1.82) is 0 Å². The minimum absolute atomic E-state index is 0.115. The average Bonchev–Trinajstić information content (AvgIpc) is 2.84. The highest BCUT2D eigenvalue weighted by Gasteiger charge is 2.59. The lowest BCUT2D eigenvalue weighted by Gasteiger charge is -2.60. The van der Waals surface area contributed by atoms with Crippen LogP contribution in [0.15, 0.2) is 12.2 Å². The van der Waals surface area contributed by atoms with Crippen LogP contribution in [0.4, 0.5) is 0 Å². The first-order valence-corrected chi connectivity index (χ1v) is 9.80.